The molecule has 30 heavy (non-hydrogen) atoms. The number of anilines is 3. The average molecular weight is 409 g/mol. The number of hydrogen-bond donors (Lipinski definition) is 2. The Hall–Kier alpha value is -3.22. The molecule has 4 rings (SSSR count). The van der Waals surface area contributed by atoms with Crippen LogP contribution in [0.15, 0.2) is 48.5 Å². The van der Waals surface area contributed by atoms with Gasteiger partial charge in [-0.15, -0.1) is 0 Å². The summed E-state index contributed by atoms with van der Waals surface area (Å²) in [6.07, 6.45) is 3.12. The van der Waals surface area contributed by atoms with Crippen molar-refractivity contribution in [2.75, 3.05) is 48.3 Å². The molecule has 158 valence electrons. The van der Waals surface area contributed by atoms with Gasteiger partial charge in [0.2, 0.25) is 5.91 Å². The van der Waals surface area contributed by atoms with Gasteiger partial charge in [0.15, 0.2) is 6.10 Å². The third-order valence-corrected chi connectivity index (χ3v) is 5.61. The zero-order valence-electron chi connectivity index (χ0n) is 17.3. The van der Waals surface area contributed by atoms with Crippen molar-refractivity contribution < 1.29 is 14.3 Å². The molecule has 1 saturated heterocycles. The number of benzene rings is 2. The summed E-state index contributed by atoms with van der Waals surface area (Å²) in [6.45, 7) is 2.64. The van der Waals surface area contributed by atoms with Crippen molar-refractivity contribution in [3.63, 3.8) is 0 Å². The normalized spacial score (nSPS) is 18.2. The van der Waals surface area contributed by atoms with Gasteiger partial charge in [0.05, 0.1) is 18.8 Å². The second-order valence-corrected chi connectivity index (χ2v) is 7.71. The molecule has 2 N–H and O–H groups in total. The van der Waals surface area contributed by atoms with Crippen molar-refractivity contribution in [1.29, 1.82) is 0 Å². The van der Waals surface area contributed by atoms with Gasteiger partial charge in [-0.3, -0.25) is 9.59 Å². The van der Waals surface area contributed by atoms with Gasteiger partial charge >= 0.3 is 0 Å². The SMILES string of the molecule is CNC(=O)[C@H]1CN(CC(=O)Nc2ccc(N3CCCCC3)cc2)c2ccccc2O1. The third kappa shape index (κ3) is 4.50. The van der Waals surface area contributed by atoms with E-state index >= 15 is 0 Å². The summed E-state index contributed by atoms with van der Waals surface area (Å²) < 4.78 is 5.80. The zero-order chi connectivity index (χ0) is 20.9. The van der Waals surface area contributed by atoms with Gasteiger partial charge in [-0.2, -0.15) is 0 Å². The first-order chi connectivity index (χ1) is 14.6. The van der Waals surface area contributed by atoms with E-state index in [9.17, 15) is 9.59 Å². The lowest BCUT2D eigenvalue weighted by Crippen LogP contribution is -2.50. The standard InChI is InChI=1S/C23H28N4O3/c1-24-23(29)21-15-27(19-7-3-4-8-20(19)30-21)16-22(28)25-17-9-11-18(12-10-17)26-13-5-2-6-14-26/h3-4,7-12,21H,2,5-6,13-16H2,1H3,(H,24,29)(H,25,28)/t21-/m1/s1. The molecule has 2 aliphatic heterocycles. The zero-order valence-corrected chi connectivity index (χ0v) is 17.3. The number of nitrogens with zero attached hydrogens (tertiary/aromatic N) is 2. The second-order valence-electron chi connectivity index (χ2n) is 7.71. The number of rotatable bonds is 5. The molecule has 2 aliphatic rings. The van der Waals surface area contributed by atoms with Crippen LogP contribution in [-0.2, 0) is 9.59 Å². The summed E-state index contributed by atoms with van der Waals surface area (Å²) in [6, 6.07) is 15.5. The number of carbonyl (C=O) groups is 2. The smallest absolute Gasteiger partial charge is 0.262 e. The lowest BCUT2D eigenvalue weighted by molar-refractivity contribution is -0.127. The van der Waals surface area contributed by atoms with E-state index in [1.54, 1.807) is 7.05 Å². The molecule has 0 spiro atoms. The first-order valence-corrected chi connectivity index (χ1v) is 10.5. The Morgan fingerprint density at radius 3 is 2.50 bits per heavy atom. The topological polar surface area (TPSA) is 73.9 Å². The molecule has 2 aromatic rings. The molecule has 2 aromatic carbocycles. The summed E-state index contributed by atoms with van der Waals surface area (Å²) >= 11 is 0. The molecule has 7 nitrogen and oxygen atoms in total. The fourth-order valence-electron chi connectivity index (χ4n) is 4.04. The minimum absolute atomic E-state index is 0.131. The number of ether oxygens (including phenoxy) is 1. The molecule has 0 aliphatic carbocycles. The van der Waals surface area contributed by atoms with E-state index in [1.165, 1.54) is 24.9 Å². The van der Waals surface area contributed by atoms with Crippen molar-refractivity contribution in [1.82, 2.24) is 5.32 Å². The van der Waals surface area contributed by atoms with E-state index < -0.39 is 6.10 Å². The van der Waals surface area contributed by atoms with E-state index in [4.69, 9.17) is 4.74 Å². The number of carbonyl (C=O) groups excluding carboxylic acids is 2. The maximum absolute atomic E-state index is 12.7. The second kappa shape index (κ2) is 9.07. The molecule has 0 unspecified atom stereocenters. The fraction of sp³-hybridized carbons (Fsp3) is 0.391. The number of piperidine rings is 1. The average Bonchev–Trinajstić information content (AvgIpc) is 2.79. The molecule has 1 fully saturated rings. The predicted octanol–water partition coefficient (Wildman–Crippen LogP) is 2.63. The summed E-state index contributed by atoms with van der Waals surface area (Å²) in [5.41, 5.74) is 2.78. The van der Waals surface area contributed by atoms with Crippen LogP contribution in [0.3, 0.4) is 0 Å². The molecule has 2 heterocycles. The summed E-state index contributed by atoms with van der Waals surface area (Å²) in [7, 11) is 1.58. The van der Waals surface area contributed by atoms with Crippen LogP contribution in [0.2, 0.25) is 0 Å². The summed E-state index contributed by atoms with van der Waals surface area (Å²) in [5.74, 6) is 0.271. The molecule has 0 saturated carbocycles. The Bertz CT molecular complexity index is 894. The van der Waals surface area contributed by atoms with Gasteiger partial charge < -0.3 is 25.2 Å². The van der Waals surface area contributed by atoms with Crippen molar-refractivity contribution >= 4 is 28.9 Å². The number of fused-ring (bicyclic) bond motifs is 1. The van der Waals surface area contributed by atoms with Gasteiger partial charge in [-0.25, -0.2) is 0 Å². The van der Waals surface area contributed by atoms with Crippen molar-refractivity contribution in [2.24, 2.45) is 0 Å². The Morgan fingerprint density at radius 1 is 1.03 bits per heavy atom. The molecular weight excluding hydrogens is 380 g/mol. The fourth-order valence-corrected chi connectivity index (χ4v) is 4.04. The number of para-hydroxylation sites is 2. The third-order valence-electron chi connectivity index (χ3n) is 5.61. The molecule has 2 amide bonds. The van der Waals surface area contributed by atoms with E-state index in [-0.39, 0.29) is 18.4 Å². The summed E-state index contributed by atoms with van der Waals surface area (Å²) in [4.78, 5) is 29.1. The van der Waals surface area contributed by atoms with Crippen LogP contribution >= 0.6 is 0 Å². The number of hydrogen-bond acceptors (Lipinski definition) is 5. The molecule has 7 heteroatoms. The maximum Gasteiger partial charge on any atom is 0.262 e. The van der Waals surface area contributed by atoms with Crippen LogP contribution in [-0.4, -0.2) is 51.1 Å². The van der Waals surface area contributed by atoms with E-state index in [0.717, 1.165) is 24.5 Å². The highest BCUT2D eigenvalue weighted by molar-refractivity contribution is 5.95. The molecule has 1 atom stereocenters. The Balaban J connectivity index is 1.41. The van der Waals surface area contributed by atoms with Gasteiger partial charge in [0, 0.05) is 31.5 Å². The van der Waals surface area contributed by atoms with Crippen LogP contribution in [0.4, 0.5) is 17.1 Å². The quantitative estimate of drug-likeness (QED) is 0.796. The van der Waals surface area contributed by atoms with Crippen LogP contribution in [0.5, 0.6) is 5.75 Å². The Kier molecular flexibility index (Phi) is 6.07. The molecule has 0 bridgehead atoms. The maximum atomic E-state index is 12.7. The monoisotopic (exact) mass is 408 g/mol. The van der Waals surface area contributed by atoms with Crippen molar-refractivity contribution in [2.45, 2.75) is 25.4 Å². The highest BCUT2D eigenvalue weighted by atomic mass is 16.5. The first kappa shape index (κ1) is 20.1. The van der Waals surface area contributed by atoms with Gasteiger partial charge in [0.25, 0.3) is 5.91 Å². The lowest BCUT2D eigenvalue weighted by Gasteiger charge is -2.35. The van der Waals surface area contributed by atoms with Crippen LogP contribution < -0.4 is 25.2 Å². The van der Waals surface area contributed by atoms with Crippen molar-refractivity contribution in [3.05, 3.63) is 48.5 Å². The van der Waals surface area contributed by atoms with Crippen LogP contribution in [0, 0.1) is 0 Å². The van der Waals surface area contributed by atoms with Gasteiger partial charge in [-0.1, -0.05) is 12.1 Å². The van der Waals surface area contributed by atoms with E-state index in [2.05, 4.69) is 27.7 Å². The number of nitrogens with one attached hydrogen (secondary N) is 2. The van der Waals surface area contributed by atoms with Gasteiger partial charge in [-0.05, 0) is 55.7 Å². The molecular formula is C23H28N4O3. The minimum Gasteiger partial charge on any atom is -0.477 e. The minimum atomic E-state index is -0.651. The number of amides is 2. The predicted molar refractivity (Wildman–Crippen MR) is 118 cm³/mol. The van der Waals surface area contributed by atoms with Crippen LogP contribution in [0.25, 0.3) is 0 Å². The van der Waals surface area contributed by atoms with Crippen LogP contribution in [0.1, 0.15) is 19.3 Å². The molecule has 0 aromatic heterocycles. The van der Waals surface area contributed by atoms with E-state index in [1.807, 2.05) is 41.3 Å². The van der Waals surface area contributed by atoms with Gasteiger partial charge in [0.1, 0.15) is 5.75 Å². The highest BCUT2D eigenvalue weighted by Gasteiger charge is 2.31. The summed E-state index contributed by atoms with van der Waals surface area (Å²) in [5, 5.41) is 5.58. The Morgan fingerprint density at radius 2 is 1.77 bits per heavy atom. The lowest BCUT2D eigenvalue weighted by atomic mass is 10.1. The highest BCUT2D eigenvalue weighted by Crippen LogP contribution is 2.33. The van der Waals surface area contributed by atoms with E-state index in [0.29, 0.717) is 12.3 Å². The largest absolute Gasteiger partial charge is 0.477 e. The Labute approximate surface area is 177 Å². The first-order valence-electron chi connectivity index (χ1n) is 10.5. The van der Waals surface area contributed by atoms with Crippen molar-refractivity contribution in [3.8, 4) is 5.75 Å². The number of likely N-dealkylation sites (N-methyl/N-ethyl adjacent to an activating group) is 1. The molecule has 0 radical (unpaired) electrons.